The second kappa shape index (κ2) is 9.18. The highest BCUT2D eigenvalue weighted by Crippen LogP contribution is 2.44. The fraction of sp³-hybridized carbons (Fsp3) is 0.214. The Morgan fingerprint density at radius 1 is 1.03 bits per heavy atom. The predicted octanol–water partition coefficient (Wildman–Crippen LogP) is 5.02. The highest BCUT2D eigenvalue weighted by atomic mass is 16.5. The summed E-state index contributed by atoms with van der Waals surface area (Å²) in [5, 5.41) is 13.2. The molecule has 7 heteroatoms. The zero-order valence-corrected chi connectivity index (χ0v) is 19.5. The number of aryl methyl sites for hydroxylation is 1. The Hall–Kier alpha value is -4.26. The number of fused-ring (bicyclic) bond motifs is 4. The predicted molar refractivity (Wildman–Crippen MR) is 133 cm³/mol. The quantitative estimate of drug-likeness (QED) is 0.352. The Bertz CT molecular complexity index is 1380. The van der Waals surface area contributed by atoms with Crippen molar-refractivity contribution in [3.63, 3.8) is 0 Å². The van der Waals surface area contributed by atoms with Crippen LogP contribution in [0, 0.1) is 6.92 Å². The topological polar surface area (TPSA) is 101 Å². The number of carbonyl (C=O) groups is 2. The molecule has 1 amide bonds. The molecule has 1 heterocycles. The summed E-state index contributed by atoms with van der Waals surface area (Å²) in [6, 6.07) is 18.7. The minimum atomic E-state index is -1.14. The van der Waals surface area contributed by atoms with E-state index >= 15 is 0 Å². The molecule has 5 rings (SSSR count). The summed E-state index contributed by atoms with van der Waals surface area (Å²) in [6.45, 7) is 2.04. The lowest BCUT2D eigenvalue weighted by molar-refractivity contribution is -0.139. The molecule has 4 aromatic rings. The fourth-order valence-corrected chi connectivity index (χ4v) is 5.05. The van der Waals surface area contributed by atoms with Gasteiger partial charge in [-0.2, -0.15) is 0 Å². The number of hydrogen-bond donors (Lipinski definition) is 3. The molecule has 1 aliphatic rings. The Balaban J connectivity index is 1.30. The molecule has 1 aromatic heterocycles. The van der Waals surface area contributed by atoms with Gasteiger partial charge in [-0.05, 0) is 46.9 Å². The van der Waals surface area contributed by atoms with Crippen LogP contribution in [-0.4, -0.2) is 41.9 Å². The number of hydrogen-bond acceptors (Lipinski definition) is 4. The first-order valence-electron chi connectivity index (χ1n) is 11.5. The molecule has 3 N–H and O–H groups in total. The van der Waals surface area contributed by atoms with Gasteiger partial charge in [0.15, 0.2) is 0 Å². The third-order valence-electron chi connectivity index (χ3n) is 6.72. The van der Waals surface area contributed by atoms with E-state index in [4.69, 9.17) is 9.47 Å². The van der Waals surface area contributed by atoms with Gasteiger partial charge >= 0.3 is 12.1 Å². The zero-order chi connectivity index (χ0) is 24.5. The molecule has 1 atom stereocenters. The molecule has 0 radical (unpaired) electrons. The number of amides is 1. The normalized spacial score (nSPS) is 13.2. The van der Waals surface area contributed by atoms with Crippen molar-refractivity contribution < 1.29 is 24.2 Å². The first-order valence-corrected chi connectivity index (χ1v) is 11.5. The van der Waals surface area contributed by atoms with Crippen LogP contribution in [-0.2, 0) is 16.0 Å². The molecule has 1 unspecified atom stereocenters. The number of H-pyrrole nitrogens is 1. The molecular weight excluding hydrogens is 444 g/mol. The van der Waals surface area contributed by atoms with E-state index in [0.717, 1.165) is 50.0 Å². The van der Waals surface area contributed by atoms with Gasteiger partial charge in [-0.3, -0.25) is 0 Å². The van der Waals surface area contributed by atoms with Crippen molar-refractivity contribution in [1.29, 1.82) is 0 Å². The van der Waals surface area contributed by atoms with Crippen molar-refractivity contribution in [3.05, 3.63) is 89.1 Å². The van der Waals surface area contributed by atoms with Gasteiger partial charge in [-0.25, -0.2) is 9.59 Å². The third-order valence-corrected chi connectivity index (χ3v) is 6.72. The van der Waals surface area contributed by atoms with Crippen molar-refractivity contribution in [2.24, 2.45) is 0 Å². The van der Waals surface area contributed by atoms with E-state index in [1.165, 1.54) is 0 Å². The molecular formula is C28H26N2O5. The summed E-state index contributed by atoms with van der Waals surface area (Å²) < 4.78 is 11.0. The summed E-state index contributed by atoms with van der Waals surface area (Å²) in [5.74, 6) is -0.511. The SMILES string of the molecule is COc1ccc2[nH]cc(CC(NC(=O)OCC3c4ccccc4-c4ccccc43)C(=O)O)c2c1C. The average Bonchev–Trinajstić information content (AvgIpc) is 3.42. The van der Waals surface area contributed by atoms with E-state index < -0.39 is 18.1 Å². The largest absolute Gasteiger partial charge is 0.496 e. The van der Waals surface area contributed by atoms with Crippen molar-refractivity contribution in [2.45, 2.75) is 25.3 Å². The van der Waals surface area contributed by atoms with Gasteiger partial charge < -0.3 is 24.9 Å². The maximum Gasteiger partial charge on any atom is 0.407 e. The van der Waals surface area contributed by atoms with E-state index in [0.29, 0.717) is 0 Å². The summed E-state index contributed by atoms with van der Waals surface area (Å²) >= 11 is 0. The number of aromatic amines is 1. The molecule has 0 bridgehead atoms. The minimum absolute atomic E-state index is 0.0971. The maximum absolute atomic E-state index is 12.7. The third kappa shape index (κ3) is 4.10. The number of ether oxygens (including phenoxy) is 2. The Labute approximate surface area is 202 Å². The van der Waals surface area contributed by atoms with E-state index in [1.807, 2.05) is 55.5 Å². The average molecular weight is 471 g/mol. The molecule has 3 aromatic carbocycles. The molecule has 0 fully saturated rings. The standard InChI is InChI=1S/C28H26N2O5/c1-16-25(34-2)12-11-23-26(16)17(14-29-23)13-24(27(31)32)30-28(33)35-15-22-20-9-5-3-7-18(20)19-8-4-6-10-21(19)22/h3-12,14,22,24,29H,13,15H2,1-2H3,(H,30,33)(H,31,32). The summed E-state index contributed by atoms with van der Waals surface area (Å²) in [5.41, 5.74) is 7.02. The first kappa shape index (κ1) is 22.5. The second-order valence-electron chi connectivity index (χ2n) is 8.69. The highest BCUT2D eigenvalue weighted by Gasteiger charge is 2.30. The molecule has 0 saturated heterocycles. The maximum atomic E-state index is 12.7. The molecule has 0 spiro atoms. The van der Waals surface area contributed by atoms with Gasteiger partial charge in [-0.1, -0.05) is 48.5 Å². The number of aliphatic carboxylic acids is 1. The molecule has 35 heavy (non-hydrogen) atoms. The fourth-order valence-electron chi connectivity index (χ4n) is 5.05. The number of rotatable bonds is 7. The zero-order valence-electron chi connectivity index (χ0n) is 19.5. The van der Waals surface area contributed by atoms with Crippen LogP contribution in [0.5, 0.6) is 5.75 Å². The van der Waals surface area contributed by atoms with E-state index in [2.05, 4.69) is 22.4 Å². The molecule has 0 aliphatic heterocycles. The lowest BCUT2D eigenvalue weighted by Gasteiger charge is -2.17. The number of benzene rings is 3. The van der Waals surface area contributed by atoms with Gasteiger partial charge in [-0.15, -0.1) is 0 Å². The molecule has 1 aliphatic carbocycles. The molecule has 178 valence electrons. The van der Waals surface area contributed by atoms with Gasteiger partial charge in [0, 0.05) is 35.0 Å². The van der Waals surface area contributed by atoms with Gasteiger partial charge in [0.25, 0.3) is 0 Å². The van der Waals surface area contributed by atoms with Crippen LogP contribution < -0.4 is 10.1 Å². The van der Waals surface area contributed by atoms with Crippen molar-refractivity contribution >= 4 is 23.0 Å². The summed E-state index contributed by atoms with van der Waals surface area (Å²) in [6.07, 6.45) is 1.12. The van der Waals surface area contributed by atoms with Crippen LogP contribution in [0.25, 0.3) is 22.0 Å². The van der Waals surface area contributed by atoms with Crippen molar-refractivity contribution in [3.8, 4) is 16.9 Å². The Morgan fingerprint density at radius 3 is 2.31 bits per heavy atom. The number of nitrogens with one attached hydrogen (secondary N) is 2. The monoisotopic (exact) mass is 470 g/mol. The Morgan fingerprint density at radius 2 is 1.69 bits per heavy atom. The van der Waals surface area contributed by atoms with Crippen LogP contribution in [0.2, 0.25) is 0 Å². The van der Waals surface area contributed by atoms with Crippen LogP contribution in [0.1, 0.15) is 28.2 Å². The van der Waals surface area contributed by atoms with E-state index in [-0.39, 0.29) is 18.9 Å². The lowest BCUT2D eigenvalue weighted by atomic mass is 9.98. The van der Waals surface area contributed by atoms with Gasteiger partial charge in [0.05, 0.1) is 7.11 Å². The number of carboxylic acids is 1. The van der Waals surface area contributed by atoms with Crippen molar-refractivity contribution in [2.75, 3.05) is 13.7 Å². The number of carbonyl (C=O) groups excluding carboxylic acids is 1. The van der Waals surface area contributed by atoms with E-state index in [9.17, 15) is 14.7 Å². The first-order chi connectivity index (χ1) is 17.0. The van der Waals surface area contributed by atoms with Crippen LogP contribution in [0.3, 0.4) is 0 Å². The second-order valence-corrected chi connectivity index (χ2v) is 8.69. The minimum Gasteiger partial charge on any atom is -0.496 e. The molecule has 7 nitrogen and oxygen atoms in total. The molecule has 0 saturated carbocycles. The summed E-state index contributed by atoms with van der Waals surface area (Å²) in [7, 11) is 1.60. The van der Waals surface area contributed by atoms with Crippen LogP contribution >= 0.6 is 0 Å². The summed E-state index contributed by atoms with van der Waals surface area (Å²) in [4.78, 5) is 27.8. The van der Waals surface area contributed by atoms with E-state index in [1.54, 1.807) is 13.3 Å². The van der Waals surface area contributed by atoms with Gasteiger partial charge in [0.1, 0.15) is 18.4 Å². The number of aromatic nitrogens is 1. The Kier molecular flexibility index (Phi) is 5.91. The van der Waals surface area contributed by atoms with Gasteiger partial charge in [0.2, 0.25) is 0 Å². The van der Waals surface area contributed by atoms with Crippen LogP contribution in [0.15, 0.2) is 66.9 Å². The number of carboxylic acid groups (broad SMARTS) is 1. The van der Waals surface area contributed by atoms with Crippen LogP contribution in [0.4, 0.5) is 4.79 Å². The van der Waals surface area contributed by atoms with Crippen molar-refractivity contribution in [1.82, 2.24) is 10.3 Å². The number of alkyl carbamates (subject to hydrolysis) is 1. The lowest BCUT2D eigenvalue weighted by Crippen LogP contribution is -2.42. The highest BCUT2D eigenvalue weighted by molar-refractivity contribution is 5.89. The smallest absolute Gasteiger partial charge is 0.407 e. The number of methoxy groups -OCH3 is 1.